The molecule has 4 nitrogen and oxygen atoms in total. The van der Waals surface area contributed by atoms with E-state index >= 15 is 0 Å². The average molecular weight is 278 g/mol. The van der Waals surface area contributed by atoms with Crippen molar-refractivity contribution in [3.8, 4) is 0 Å². The Labute approximate surface area is 121 Å². The molecule has 0 aliphatic heterocycles. The standard InChI is InChI=1S/C16H26N2O2/c1-15(2,3)20-14(19)18-12-16(4,17)11-10-13-8-6-5-7-9-13/h5-9H,10-12,17H2,1-4H3,(H,18,19). The highest BCUT2D eigenvalue weighted by Gasteiger charge is 2.21. The molecule has 1 unspecified atom stereocenters. The molecular formula is C16H26N2O2. The van der Waals surface area contributed by atoms with Crippen molar-refractivity contribution in [3.63, 3.8) is 0 Å². The van der Waals surface area contributed by atoms with Gasteiger partial charge in [-0.15, -0.1) is 0 Å². The molecule has 0 saturated carbocycles. The second-order valence-corrected chi connectivity index (χ2v) is 6.50. The lowest BCUT2D eigenvalue weighted by atomic mass is 9.94. The second kappa shape index (κ2) is 6.75. The summed E-state index contributed by atoms with van der Waals surface area (Å²) < 4.78 is 5.19. The second-order valence-electron chi connectivity index (χ2n) is 6.50. The monoisotopic (exact) mass is 278 g/mol. The molecule has 1 aromatic carbocycles. The van der Waals surface area contributed by atoms with Crippen LogP contribution in [0.2, 0.25) is 0 Å². The van der Waals surface area contributed by atoms with Crippen molar-refractivity contribution in [2.24, 2.45) is 5.73 Å². The van der Waals surface area contributed by atoms with E-state index in [1.165, 1.54) is 5.56 Å². The number of aryl methyl sites for hydroxylation is 1. The number of hydrogen-bond acceptors (Lipinski definition) is 3. The number of carbonyl (C=O) groups is 1. The predicted molar refractivity (Wildman–Crippen MR) is 81.6 cm³/mol. The van der Waals surface area contributed by atoms with Crippen LogP contribution in [0.25, 0.3) is 0 Å². The smallest absolute Gasteiger partial charge is 0.407 e. The van der Waals surface area contributed by atoms with Gasteiger partial charge in [0.1, 0.15) is 5.60 Å². The van der Waals surface area contributed by atoms with Crippen molar-refractivity contribution in [3.05, 3.63) is 35.9 Å². The van der Waals surface area contributed by atoms with Crippen LogP contribution >= 0.6 is 0 Å². The minimum atomic E-state index is -0.487. The lowest BCUT2D eigenvalue weighted by molar-refractivity contribution is 0.0515. The van der Waals surface area contributed by atoms with Crippen molar-refractivity contribution in [1.29, 1.82) is 0 Å². The number of benzene rings is 1. The Kier molecular flexibility index (Phi) is 5.57. The van der Waals surface area contributed by atoms with Gasteiger partial charge < -0.3 is 15.8 Å². The fraction of sp³-hybridized carbons (Fsp3) is 0.562. The van der Waals surface area contributed by atoms with Gasteiger partial charge in [0.25, 0.3) is 0 Å². The molecule has 1 amide bonds. The molecular weight excluding hydrogens is 252 g/mol. The first-order valence-electron chi connectivity index (χ1n) is 6.98. The number of nitrogens with two attached hydrogens (primary N) is 1. The maximum atomic E-state index is 11.6. The van der Waals surface area contributed by atoms with Gasteiger partial charge in [0.2, 0.25) is 0 Å². The van der Waals surface area contributed by atoms with Crippen LogP contribution in [0.5, 0.6) is 0 Å². The fourth-order valence-electron chi connectivity index (χ4n) is 1.75. The number of rotatable bonds is 5. The minimum Gasteiger partial charge on any atom is -0.444 e. The predicted octanol–water partition coefficient (Wildman–Crippen LogP) is 2.86. The van der Waals surface area contributed by atoms with Gasteiger partial charge in [0, 0.05) is 12.1 Å². The Morgan fingerprint density at radius 1 is 1.20 bits per heavy atom. The van der Waals surface area contributed by atoms with E-state index in [9.17, 15) is 4.79 Å². The van der Waals surface area contributed by atoms with Crippen LogP contribution in [0.1, 0.15) is 39.7 Å². The van der Waals surface area contributed by atoms with Crippen molar-refractivity contribution < 1.29 is 9.53 Å². The highest BCUT2D eigenvalue weighted by molar-refractivity contribution is 5.67. The van der Waals surface area contributed by atoms with Crippen LogP contribution in [0, 0.1) is 0 Å². The Balaban J connectivity index is 2.36. The minimum absolute atomic E-state index is 0.398. The van der Waals surface area contributed by atoms with E-state index in [-0.39, 0.29) is 0 Å². The molecule has 0 aliphatic carbocycles. The first-order chi connectivity index (χ1) is 9.18. The zero-order valence-corrected chi connectivity index (χ0v) is 12.9. The largest absolute Gasteiger partial charge is 0.444 e. The van der Waals surface area contributed by atoms with E-state index in [4.69, 9.17) is 10.5 Å². The molecule has 1 rings (SSSR count). The molecule has 0 bridgehead atoms. The molecule has 20 heavy (non-hydrogen) atoms. The SMILES string of the molecule is CC(N)(CCc1ccccc1)CNC(=O)OC(C)(C)C. The van der Waals surface area contributed by atoms with Crippen LogP contribution < -0.4 is 11.1 Å². The van der Waals surface area contributed by atoms with Crippen LogP contribution in [0.3, 0.4) is 0 Å². The molecule has 4 heteroatoms. The van der Waals surface area contributed by atoms with Crippen LogP contribution in [-0.4, -0.2) is 23.8 Å². The highest BCUT2D eigenvalue weighted by Crippen LogP contribution is 2.12. The summed E-state index contributed by atoms with van der Waals surface area (Å²) in [5.41, 5.74) is 6.52. The summed E-state index contributed by atoms with van der Waals surface area (Å²) in [4.78, 5) is 11.6. The maximum Gasteiger partial charge on any atom is 0.407 e. The van der Waals surface area contributed by atoms with E-state index in [1.807, 2.05) is 45.9 Å². The fourth-order valence-corrected chi connectivity index (χ4v) is 1.75. The topological polar surface area (TPSA) is 64.3 Å². The van der Waals surface area contributed by atoms with Crippen molar-refractivity contribution in [2.45, 2.75) is 51.7 Å². The van der Waals surface area contributed by atoms with E-state index < -0.39 is 17.2 Å². The van der Waals surface area contributed by atoms with Gasteiger partial charge in [-0.05, 0) is 46.1 Å². The normalized spacial score (nSPS) is 14.4. The van der Waals surface area contributed by atoms with Gasteiger partial charge in [-0.3, -0.25) is 0 Å². The quantitative estimate of drug-likeness (QED) is 0.870. The summed E-state index contributed by atoms with van der Waals surface area (Å²) >= 11 is 0. The van der Waals surface area contributed by atoms with E-state index in [0.29, 0.717) is 6.54 Å². The molecule has 112 valence electrons. The first kappa shape index (κ1) is 16.5. The van der Waals surface area contributed by atoms with Crippen LogP contribution in [0.4, 0.5) is 4.79 Å². The molecule has 0 saturated heterocycles. The molecule has 0 aliphatic rings. The van der Waals surface area contributed by atoms with E-state index in [2.05, 4.69) is 17.4 Å². The zero-order valence-electron chi connectivity index (χ0n) is 12.9. The number of nitrogens with one attached hydrogen (secondary N) is 1. The number of carbonyl (C=O) groups excluding carboxylic acids is 1. The Morgan fingerprint density at radius 3 is 2.35 bits per heavy atom. The number of alkyl carbamates (subject to hydrolysis) is 1. The van der Waals surface area contributed by atoms with Gasteiger partial charge in [-0.1, -0.05) is 30.3 Å². The zero-order chi connectivity index (χ0) is 15.2. The van der Waals surface area contributed by atoms with Gasteiger partial charge in [-0.2, -0.15) is 0 Å². The number of ether oxygens (including phenoxy) is 1. The van der Waals surface area contributed by atoms with Gasteiger partial charge in [0.05, 0.1) is 0 Å². The Morgan fingerprint density at radius 2 is 1.80 bits per heavy atom. The average Bonchev–Trinajstić information content (AvgIpc) is 2.34. The summed E-state index contributed by atoms with van der Waals surface area (Å²) in [6.45, 7) is 7.85. The molecule has 0 fully saturated rings. The molecule has 1 aromatic rings. The lowest BCUT2D eigenvalue weighted by Gasteiger charge is -2.26. The summed E-state index contributed by atoms with van der Waals surface area (Å²) in [7, 11) is 0. The van der Waals surface area contributed by atoms with Crippen molar-refractivity contribution in [2.75, 3.05) is 6.54 Å². The molecule has 0 aromatic heterocycles. The molecule has 1 atom stereocenters. The van der Waals surface area contributed by atoms with Crippen molar-refractivity contribution in [1.82, 2.24) is 5.32 Å². The van der Waals surface area contributed by atoms with E-state index in [0.717, 1.165) is 12.8 Å². The maximum absolute atomic E-state index is 11.6. The summed E-state index contributed by atoms with van der Waals surface area (Å²) in [5, 5.41) is 2.73. The molecule has 0 spiro atoms. The third-order valence-corrected chi connectivity index (χ3v) is 2.86. The summed E-state index contributed by atoms with van der Waals surface area (Å²) in [6, 6.07) is 10.2. The Bertz CT molecular complexity index is 422. The molecule has 3 N–H and O–H groups in total. The number of hydrogen-bond donors (Lipinski definition) is 2. The van der Waals surface area contributed by atoms with Crippen LogP contribution in [-0.2, 0) is 11.2 Å². The Hall–Kier alpha value is -1.55. The number of amides is 1. The van der Waals surface area contributed by atoms with Gasteiger partial charge in [-0.25, -0.2) is 4.79 Å². The third kappa shape index (κ3) is 7.14. The van der Waals surface area contributed by atoms with Crippen LogP contribution in [0.15, 0.2) is 30.3 Å². The lowest BCUT2D eigenvalue weighted by Crippen LogP contribution is -2.49. The molecule has 0 radical (unpaired) electrons. The highest BCUT2D eigenvalue weighted by atomic mass is 16.6. The van der Waals surface area contributed by atoms with E-state index in [1.54, 1.807) is 0 Å². The first-order valence-corrected chi connectivity index (χ1v) is 6.98. The summed E-state index contributed by atoms with van der Waals surface area (Å²) in [5.74, 6) is 0. The summed E-state index contributed by atoms with van der Waals surface area (Å²) in [6.07, 6.45) is 1.27. The third-order valence-electron chi connectivity index (χ3n) is 2.86. The van der Waals surface area contributed by atoms with Crippen molar-refractivity contribution >= 4 is 6.09 Å². The molecule has 0 heterocycles. The van der Waals surface area contributed by atoms with Gasteiger partial charge in [0.15, 0.2) is 0 Å². The van der Waals surface area contributed by atoms with Gasteiger partial charge >= 0.3 is 6.09 Å².